The highest BCUT2D eigenvalue weighted by molar-refractivity contribution is 6.31. The fourth-order valence-electron chi connectivity index (χ4n) is 2.35. The van der Waals surface area contributed by atoms with E-state index in [1.807, 2.05) is 6.92 Å². The molecule has 0 bridgehead atoms. The number of amides is 1. The smallest absolute Gasteiger partial charge is 0.306 e. The van der Waals surface area contributed by atoms with Crippen LogP contribution in [0.3, 0.4) is 0 Å². The number of hydrogen-bond donors (Lipinski definition) is 1. The maximum Gasteiger partial charge on any atom is 0.306 e. The third-order valence-corrected chi connectivity index (χ3v) is 4.30. The number of benzene rings is 2. The minimum atomic E-state index is -0.775. The van der Waals surface area contributed by atoms with Crippen molar-refractivity contribution in [3.8, 4) is 5.75 Å². The molecular weight excluding hydrogens is 388 g/mol. The topological polar surface area (TPSA) is 122 Å². The van der Waals surface area contributed by atoms with E-state index in [1.54, 1.807) is 18.2 Å². The molecular formula is C19H19ClN2O6. The van der Waals surface area contributed by atoms with Crippen molar-refractivity contribution in [1.29, 1.82) is 0 Å². The molecule has 0 aromatic heterocycles. The Kier molecular flexibility index (Phi) is 7.34. The van der Waals surface area contributed by atoms with E-state index in [-0.39, 0.29) is 29.8 Å². The maximum absolute atomic E-state index is 11.8. The van der Waals surface area contributed by atoms with Crippen molar-refractivity contribution in [2.24, 2.45) is 5.73 Å². The average molecular weight is 407 g/mol. The molecule has 2 aromatic rings. The molecule has 9 heteroatoms. The fourth-order valence-corrected chi connectivity index (χ4v) is 2.47. The zero-order valence-electron chi connectivity index (χ0n) is 15.1. The highest BCUT2D eigenvalue weighted by atomic mass is 35.5. The van der Waals surface area contributed by atoms with Gasteiger partial charge in [-0.1, -0.05) is 11.6 Å². The third kappa shape index (κ3) is 5.95. The Morgan fingerprint density at radius 3 is 2.61 bits per heavy atom. The Morgan fingerprint density at radius 2 is 1.96 bits per heavy atom. The molecule has 28 heavy (non-hydrogen) atoms. The molecule has 1 amide bonds. The number of nitro benzene ring substituents is 1. The lowest BCUT2D eigenvalue weighted by Gasteiger charge is -2.08. The fraction of sp³-hybridized carbons (Fsp3) is 0.263. The van der Waals surface area contributed by atoms with Gasteiger partial charge in [0.15, 0.2) is 0 Å². The quantitative estimate of drug-likeness (QED) is 0.294. The number of nitrogens with two attached hydrogens (primary N) is 1. The molecule has 2 rings (SSSR count). The number of rotatable bonds is 9. The predicted octanol–water partition coefficient (Wildman–Crippen LogP) is 3.56. The molecule has 0 aliphatic rings. The van der Waals surface area contributed by atoms with Crippen molar-refractivity contribution in [2.75, 3.05) is 6.61 Å². The summed E-state index contributed by atoms with van der Waals surface area (Å²) in [5, 5.41) is 11.8. The van der Waals surface area contributed by atoms with Gasteiger partial charge in [-0.2, -0.15) is 0 Å². The number of hydrogen-bond acceptors (Lipinski definition) is 6. The molecule has 0 unspecified atom stereocenters. The van der Waals surface area contributed by atoms with Crippen LogP contribution in [-0.2, 0) is 16.1 Å². The number of aryl methyl sites for hydroxylation is 1. The molecule has 0 aliphatic heterocycles. The molecule has 8 nitrogen and oxygen atoms in total. The van der Waals surface area contributed by atoms with Gasteiger partial charge in [0.1, 0.15) is 12.4 Å². The molecule has 0 radical (unpaired) electrons. The van der Waals surface area contributed by atoms with Crippen LogP contribution >= 0.6 is 11.6 Å². The SMILES string of the molecule is Cc1cc(OCCCC(=O)OCc2ccc(C(N)=O)cc2[N+](=O)[O-])ccc1Cl. The second kappa shape index (κ2) is 9.70. The van der Waals surface area contributed by atoms with Crippen molar-refractivity contribution in [2.45, 2.75) is 26.4 Å². The van der Waals surface area contributed by atoms with E-state index in [0.717, 1.165) is 11.6 Å². The summed E-state index contributed by atoms with van der Waals surface area (Å²) in [6.07, 6.45) is 0.517. The summed E-state index contributed by atoms with van der Waals surface area (Å²) in [7, 11) is 0. The van der Waals surface area contributed by atoms with Gasteiger partial charge in [0.2, 0.25) is 5.91 Å². The van der Waals surface area contributed by atoms with Gasteiger partial charge in [0.05, 0.1) is 17.1 Å². The lowest BCUT2D eigenvalue weighted by molar-refractivity contribution is -0.385. The number of primary amides is 1. The van der Waals surface area contributed by atoms with Gasteiger partial charge in [-0.25, -0.2) is 0 Å². The van der Waals surface area contributed by atoms with Crippen molar-refractivity contribution >= 4 is 29.2 Å². The summed E-state index contributed by atoms with van der Waals surface area (Å²) < 4.78 is 10.6. The van der Waals surface area contributed by atoms with E-state index < -0.39 is 16.8 Å². The second-order valence-electron chi connectivity index (χ2n) is 5.99. The molecule has 2 N–H and O–H groups in total. The summed E-state index contributed by atoms with van der Waals surface area (Å²) in [5.74, 6) is -0.632. The van der Waals surface area contributed by atoms with Crippen LogP contribution in [0.5, 0.6) is 5.75 Å². The molecule has 0 fully saturated rings. The monoisotopic (exact) mass is 406 g/mol. The van der Waals surface area contributed by atoms with Gasteiger partial charge >= 0.3 is 5.97 Å². The van der Waals surface area contributed by atoms with Gasteiger partial charge in [-0.3, -0.25) is 19.7 Å². The first-order valence-electron chi connectivity index (χ1n) is 8.39. The summed E-state index contributed by atoms with van der Waals surface area (Å²) >= 11 is 5.94. The molecule has 0 saturated carbocycles. The normalized spacial score (nSPS) is 10.4. The third-order valence-electron chi connectivity index (χ3n) is 3.88. The summed E-state index contributed by atoms with van der Waals surface area (Å²) in [5.41, 5.74) is 5.87. The standard InChI is InChI=1S/C19H19ClN2O6/c1-12-9-15(6-7-16(12)20)27-8-2-3-18(23)28-11-14-5-4-13(19(21)24)10-17(14)22(25)26/h4-7,9-10H,2-3,8,11H2,1H3,(H2,21,24). The minimum Gasteiger partial charge on any atom is -0.494 e. The first kappa shape index (κ1) is 21.2. The average Bonchev–Trinajstić information content (AvgIpc) is 2.66. The van der Waals surface area contributed by atoms with Gasteiger partial charge in [0.25, 0.3) is 5.69 Å². The number of carbonyl (C=O) groups is 2. The van der Waals surface area contributed by atoms with Gasteiger partial charge in [0, 0.05) is 23.1 Å². The van der Waals surface area contributed by atoms with Crippen molar-refractivity contribution in [1.82, 2.24) is 0 Å². The molecule has 0 spiro atoms. The molecule has 0 aliphatic carbocycles. The predicted molar refractivity (Wildman–Crippen MR) is 102 cm³/mol. The molecule has 0 heterocycles. The van der Waals surface area contributed by atoms with Crippen molar-refractivity contribution < 1.29 is 24.0 Å². The van der Waals surface area contributed by atoms with Crippen LogP contribution in [0.15, 0.2) is 36.4 Å². The summed E-state index contributed by atoms with van der Waals surface area (Å²) in [6, 6.07) is 9.03. The Labute approximate surface area is 166 Å². The van der Waals surface area contributed by atoms with Crippen LogP contribution < -0.4 is 10.5 Å². The minimum absolute atomic E-state index is 0.0105. The Morgan fingerprint density at radius 1 is 1.21 bits per heavy atom. The summed E-state index contributed by atoms with van der Waals surface area (Å²) in [6.45, 7) is 1.90. The van der Waals surface area contributed by atoms with E-state index in [9.17, 15) is 19.7 Å². The van der Waals surface area contributed by atoms with Gasteiger partial charge < -0.3 is 15.2 Å². The number of esters is 1. The first-order valence-corrected chi connectivity index (χ1v) is 8.77. The maximum atomic E-state index is 11.8. The van der Waals surface area contributed by atoms with Crippen molar-refractivity contribution in [3.63, 3.8) is 0 Å². The highest BCUT2D eigenvalue weighted by Gasteiger charge is 2.17. The Bertz CT molecular complexity index is 900. The molecule has 2 aromatic carbocycles. The van der Waals surface area contributed by atoms with Crippen LogP contribution in [0, 0.1) is 17.0 Å². The number of ether oxygens (including phenoxy) is 2. The van der Waals surface area contributed by atoms with Crippen LogP contribution in [0.2, 0.25) is 5.02 Å². The molecule has 0 saturated heterocycles. The van der Waals surface area contributed by atoms with Gasteiger partial charge in [-0.15, -0.1) is 0 Å². The lowest BCUT2D eigenvalue weighted by atomic mass is 10.1. The van der Waals surface area contributed by atoms with Crippen LogP contribution in [0.4, 0.5) is 5.69 Å². The van der Waals surface area contributed by atoms with Crippen LogP contribution in [0.1, 0.15) is 34.3 Å². The first-order chi connectivity index (χ1) is 13.3. The van der Waals surface area contributed by atoms with E-state index >= 15 is 0 Å². The number of halogens is 1. The summed E-state index contributed by atoms with van der Waals surface area (Å²) in [4.78, 5) is 33.4. The molecule has 0 atom stereocenters. The Hall–Kier alpha value is -3.13. The second-order valence-corrected chi connectivity index (χ2v) is 6.40. The zero-order chi connectivity index (χ0) is 20.7. The van der Waals surface area contributed by atoms with E-state index in [0.29, 0.717) is 23.8 Å². The van der Waals surface area contributed by atoms with Crippen LogP contribution in [-0.4, -0.2) is 23.4 Å². The zero-order valence-corrected chi connectivity index (χ0v) is 15.9. The molecule has 148 valence electrons. The van der Waals surface area contributed by atoms with Crippen LogP contribution in [0.25, 0.3) is 0 Å². The van der Waals surface area contributed by atoms with E-state index in [1.165, 1.54) is 12.1 Å². The van der Waals surface area contributed by atoms with E-state index in [2.05, 4.69) is 0 Å². The lowest BCUT2D eigenvalue weighted by Crippen LogP contribution is -2.12. The largest absolute Gasteiger partial charge is 0.494 e. The number of nitrogens with zero attached hydrogens (tertiary/aromatic N) is 1. The number of carbonyl (C=O) groups excluding carboxylic acids is 2. The Balaban J connectivity index is 1.81. The van der Waals surface area contributed by atoms with Crippen molar-refractivity contribution in [3.05, 3.63) is 68.2 Å². The van der Waals surface area contributed by atoms with Gasteiger partial charge in [-0.05, 0) is 49.2 Å². The van der Waals surface area contributed by atoms with E-state index in [4.69, 9.17) is 26.8 Å². The number of nitro groups is 1. The highest BCUT2D eigenvalue weighted by Crippen LogP contribution is 2.22.